The van der Waals surface area contributed by atoms with Gasteiger partial charge in [-0.2, -0.15) is 0 Å². The molecular formula is C19H19NO3. The summed E-state index contributed by atoms with van der Waals surface area (Å²) in [6.45, 7) is 1.85. The van der Waals surface area contributed by atoms with E-state index in [-0.39, 0.29) is 11.9 Å². The van der Waals surface area contributed by atoms with E-state index in [1.807, 2.05) is 67.6 Å². The maximum atomic E-state index is 12.4. The smallest absolute Gasteiger partial charge is 0.417 e. The number of imide groups is 1. The summed E-state index contributed by atoms with van der Waals surface area (Å²) in [6.07, 6.45) is -0.0364. The molecule has 0 aromatic heterocycles. The minimum Gasteiger partial charge on any atom is -0.439 e. The average Bonchev–Trinajstić information content (AvgIpc) is 2.89. The number of carbonyl (C=O) groups excluding carboxylic acids is 2. The molecule has 2 amide bonds. The molecule has 2 aromatic rings. The average molecular weight is 309 g/mol. The van der Waals surface area contributed by atoms with Crippen molar-refractivity contribution in [1.29, 1.82) is 0 Å². The van der Waals surface area contributed by atoms with Gasteiger partial charge < -0.3 is 4.74 Å². The molecule has 0 saturated carbocycles. The molecule has 118 valence electrons. The zero-order valence-electron chi connectivity index (χ0n) is 13.0. The first kappa shape index (κ1) is 15.3. The molecule has 1 aliphatic rings. The largest absolute Gasteiger partial charge is 0.439 e. The first-order valence-corrected chi connectivity index (χ1v) is 7.78. The molecule has 0 bridgehead atoms. The van der Waals surface area contributed by atoms with Crippen LogP contribution in [0.25, 0.3) is 0 Å². The zero-order chi connectivity index (χ0) is 16.2. The van der Waals surface area contributed by atoms with Crippen molar-refractivity contribution < 1.29 is 14.3 Å². The molecule has 4 heteroatoms. The highest BCUT2D eigenvalue weighted by Crippen LogP contribution is 2.32. The highest BCUT2D eigenvalue weighted by atomic mass is 16.6. The molecule has 1 aliphatic heterocycles. The van der Waals surface area contributed by atoms with Crippen LogP contribution in [0.5, 0.6) is 0 Å². The fourth-order valence-corrected chi connectivity index (χ4v) is 2.90. The van der Waals surface area contributed by atoms with Gasteiger partial charge in [0.25, 0.3) is 0 Å². The second-order valence-electron chi connectivity index (χ2n) is 5.70. The first-order valence-electron chi connectivity index (χ1n) is 7.78. The van der Waals surface area contributed by atoms with E-state index in [0.29, 0.717) is 12.8 Å². The summed E-state index contributed by atoms with van der Waals surface area (Å²) in [4.78, 5) is 25.8. The fraction of sp³-hybridized carbons (Fsp3) is 0.263. The number of amides is 2. The standard InChI is InChI=1S/C19H19NO3/c1-14-18(16-10-6-3-7-11-16)23-19(22)20(14)17(21)13-12-15-8-4-2-5-9-15/h2-11,14,18H,12-13H2,1H3/t14-,18+/m1/s1. The van der Waals surface area contributed by atoms with Gasteiger partial charge in [0.2, 0.25) is 5.91 Å². The molecule has 1 saturated heterocycles. The lowest BCUT2D eigenvalue weighted by molar-refractivity contribution is -0.129. The number of carbonyl (C=O) groups is 2. The quantitative estimate of drug-likeness (QED) is 0.864. The van der Waals surface area contributed by atoms with Crippen LogP contribution in [0.15, 0.2) is 60.7 Å². The molecule has 0 radical (unpaired) electrons. The van der Waals surface area contributed by atoms with E-state index in [4.69, 9.17) is 4.74 Å². The predicted octanol–water partition coefficient (Wildman–Crippen LogP) is 3.73. The number of nitrogens with zero attached hydrogens (tertiary/aromatic N) is 1. The third kappa shape index (κ3) is 3.26. The second kappa shape index (κ2) is 6.65. The van der Waals surface area contributed by atoms with Gasteiger partial charge in [-0.25, -0.2) is 9.69 Å². The Labute approximate surface area is 135 Å². The van der Waals surface area contributed by atoms with Crippen LogP contribution >= 0.6 is 0 Å². The monoisotopic (exact) mass is 309 g/mol. The Bertz CT molecular complexity index is 684. The van der Waals surface area contributed by atoms with Crippen molar-refractivity contribution in [2.45, 2.75) is 31.9 Å². The lowest BCUT2D eigenvalue weighted by atomic mass is 10.0. The fourth-order valence-electron chi connectivity index (χ4n) is 2.90. The molecule has 23 heavy (non-hydrogen) atoms. The molecule has 0 unspecified atom stereocenters. The number of hydrogen-bond acceptors (Lipinski definition) is 3. The number of ether oxygens (including phenoxy) is 1. The van der Waals surface area contributed by atoms with Gasteiger partial charge in [0.15, 0.2) is 0 Å². The molecule has 1 fully saturated rings. The normalized spacial score (nSPS) is 20.4. The van der Waals surface area contributed by atoms with E-state index in [1.165, 1.54) is 4.90 Å². The van der Waals surface area contributed by atoms with Crippen molar-refractivity contribution in [3.05, 3.63) is 71.8 Å². The zero-order valence-corrected chi connectivity index (χ0v) is 13.0. The van der Waals surface area contributed by atoms with Gasteiger partial charge in [0.05, 0.1) is 6.04 Å². The van der Waals surface area contributed by atoms with Gasteiger partial charge in [0.1, 0.15) is 6.10 Å². The topological polar surface area (TPSA) is 46.6 Å². The SMILES string of the molecule is C[C@@H]1[C@@H](c2ccccc2)OC(=O)N1C(=O)CCc1ccccc1. The second-order valence-corrected chi connectivity index (χ2v) is 5.70. The van der Waals surface area contributed by atoms with Gasteiger partial charge in [-0.15, -0.1) is 0 Å². The highest BCUT2D eigenvalue weighted by molar-refractivity contribution is 5.93. The Morgan fingerprint density at radius 3 is 2.30 bits per heavy atom. The Hall–Kier alpha value is -2.62. The van der Waals surface area contributed by atoms with Crippen LogP contribution in [0, 0.1) is 0 Å². The Morgan fingerprint density at radius 1 is 1.04 bits per heavy atom. The maximum absolute atomic E-state index is 12.4. The summed E-state index contributed by atoms with van der Waals surface area (Å²) in [7, 11) is 0. The van der Waals surface area contributed by atoms with E-state index in [1.54, 1.807) is 0 Å². The van der Waals surface area contributed by atoms with E-state index < -0.39 is 12.2 Å². The van der Waals surface area contributed by atoms with E-state index >= 15 is 0 Å². The summed E-state index contributed by atoms with van der Waals surface area (Å²) in [5.74, 6) is -0.190. The van der Waals surface area contributed by atoms with Gasteiger partial charge in [-0.3, -0.25) is 4.79 Å². The van der Waals surface area contributed by atoms with Crippen molar-refractivity contribution >= 4 is 12.0 Å². The number of rotatable bonds is 4. The summed E-state index contributed by atoms with van der Waals surface area (Å²) >= 11 is 0. The third-order valence-corrected chi connectivity index (χ3v) is 4.14. The molecular weight excluding hydrogens is 290 g/mol. The van der Waals surface area contributed by atoms with Gasteiger partial charge >= 0.3 is 6.09 Å². The van der Waals surface area contributed by atoms with Crippen LogP contribution in [0.4, 0.5) is 4.79 Å². The molecule has 0 aliphatic carbocycles. The van der Waals surface area contributed by atoms with Crippen molar-refractivity contribution in [2.24, 2.45) is 0 Å². The van der Waals surface area contributed by atoms with Crippen LogP contribution < -0.4 is 0 Å². The van der Waals surface area contributed by atoms with Gasteiger partial charge in [-0.05, 0) is 24.5 Å². The molecule has 1 heterocycles. The van der Waals surface area contributed by atoms with Crippen LogP contribution in [0.3, 0.4) is 0 Å². The highest BCUT2D eigenvalue weighted by Gasteiger charge is 2.42. The Balaban J connectivity index is 1.67. The molecule has 2 atom stereocenters. The van der Waals surface area contributed by atoms with Gasteiger partial charge in [0, 0.05) is 6.42 Å². The molecule has 0 N–H and O–H groups in total. The van der Waals surface area contributed by atoms with Gasteiger partial charge in [-0.1, -0.05) is 60.7 Å². The molecule has 0 spiro atoms. The van der Waals surface area contributed by atoms with E-state index in [2.05, 4.69) is 0 Å². The maximum Gasteiger partial charge on any atom is 0.417 e. The third-order valence-electron chi connectivity index (χ3n) is 4.14. The van der Waals surface area contributed by atoms with Crippen molar-refractivity contribution in [1.82, 2.24) is 4.90 Å². The number of cyclic esters (lactones) is 1. The van der Waals surface area contributed by atoms with Crippen LogP contribution in [-0.4, -0.2) is 22.9 Å². The predicted molar refractivity (Wildman–Crippen MR) is 86.7 cm³/mol. The summed E-state index contributed by atoms with van der Waals surface area (Å²) in [5, 5.41) is 0. The lowest BCUT2D eigenvalue weighted by Crippen LogP contribution is -2.37. The van der Waals surface area contributed by atoms with Crippen LogP contribution in [0.1, 0.15) is 30.6 Å². The van der Waals surface area contributed by atoms with Crippen molar-refractivity contribution in [2.75, 3.05) is 0 Å². The lowest BCUT2D eigenvalue weighted by Gasteiger charge is -2.19. The molecule has 2 aromatic carbocycles. The molecule has 4 nitrogen and oxygen atoms in total. The van der Waals surface area contributed by atoms with Crippen LogP contribution in [0.2, 0.25) is 0 Å². The number of hydrogen-bond donors (Lipinski definition) is 0. The van der Waals surface area contributed by atoms with Crippen LogP contribution in [-0.2, 0) is 16.0 Å². The van der Waals surface area contributed by atoms with E-state index in [0.717, 1.165) is 11.1 Å². The summed E-state index contributed by atoms with van der Waals surface area (Å²) in [6, 6.07) is 19.0. The van der Waals surface area contributed by atoms with Crippen molar-refractivity contribution in [3.8, 4) is 0 Å². The Kier molecular flexibility index (Phi) is 4.42. The minimum atomic E-state index is -0.551. The van der Waals surface area contributed by atoms with Crippen molar-refractivity contribution in [3.63, 3.8) is 0 Å². The summed E-state index contributed by atoms with van der Waals surface area (Å²) < 4.78 is 5.41. The Morgan fingerprint density at radius 2 is 1.65 bits per heavy atom. The van der Waals surface area contributed by atoms with E-state index in [9.17, 15) is 9.59 Å². The molecule has 3 rings (SSSR count). The number of benzene rings is 2. The minimum absolute atomic E-state index is 0.190. The summed E-state index contributed by atoms with van der Waals surface area (Å²) in [5.41, 5.74) is 1.99. The number of aryl methyl sites for hydroxylation is 1. The first-order chi connectivity index (χ1) is 11.2.